The molecule has 0 aromatic carbocycles. The lowest BCUT2D eigenvalue weighted by Crippen LogP contribution is -2.03. The zero-order valence-corrected chi connectivity index (χ0v) is 11.2. The van der Waals surface area contributed by atoms with Crippen molar-refractivity contribution in [1.29, 1.82) is 0 Å². The van der Waals surface area contributed by atoms with E-state index in [1.54, 1.807) is 11.1 Å². The SMILES string of the molecule is C=C(CC)[C@H]1C/C=C(\C)CC/C=C(/C)CC1. The molecule has 0 nitrogen and oxygen atoms in total. The molecule has 1 aliphatic carbocycles. The van der Waals surface area contributed by atoms with E-state index in [0.29, 0.717) is 5.92 Å². The third-order valence-electron chi connectivity index (χ3n) is 3.70. The van der Waals surface area contributed by atoms with Crippen LogP contribution in [0.5, 0.6) is 0 Å². The lowest BCUT2D eigenvalue weighted by atomic mass is 9.87. The fraction of sp³-hybridized carbons (Fsp3) is 0.625. The van der Waals surface area contributed by atoms with Gasteiger partial charge in [-0.05, 0) is 58.3 Å². The van der Waals surface area contributed by atoms with Crippen molar-refractivity contribution >= 4 is 0 Å². The average molecular weight is 218 g/mol. The molecule has 1 atom stereocenters. The predicted molar refractivity (Wildman–Crippen MR) is 73.5 cm³/mol. The van der Waals surface area contributed by atoms with Gasteiger partial charge < -0.3 is 0 Å². The van der Waals surface area contributed by atoms with Gasteiger partial charge in [0.1, 0.15) is 0 Å². The molecule has 0 bridgehead atoms. The Hall–Kier alpha value is -0.780. The van der Waals surface area contributed by atoms with Crippen LogP contribution in [0.4, 0.5) is 0 Å². The van der Waals surface area contributed by atoms with Gasteiger partial charge in [-0.1, -0.05) is 42.4 Å². The van der Waals surface area contributed by atoms with E-state index in [1.807, 2.05) is 0 Å². The maximum Gasteiger partial charge on any atom is -0.0168 e. The number of rotatable bonds is 2. The van der Waals surface area contributed by atoms with Crippen LogP contribution < -0.4 is 0 Å². The fourth-order valence-corrected chi connectivity index (χ4v) is 2.27. The van der Waals surface area contributed by atoms with Crippen molar-refractivity contribution in [3.63, 3.8) is 0 Å². The molecule has 0 heterocycles. The Morgan fingerprint density at radius 1 is 1.25 bits per heavy atom. The Balaban J connectivity index is 2.71. The molecule has 0 N–H and O–H groups in total. The lowest BCUT2D eigenvalue weighted by Gasteiger charge is -2.19. The van der Waals surface area contributed by atoms with Crippen LogP contribution in [0.3, 0.4) is 0 Å². The number of allylic oxidation sites excluding steroid dienone is 5. The molecular formula is C16H26. The van der Waals surface area contributed by atoms with Crippen LogP contribution in [0.2, 0.25) is 0 Å². The first-order valence-corrected chi connectivity index (χ1v) is 6.62. The summed E-state index contributed by atoms with van der Waals surface area (Å²) in [5, 5.41) is 0. The van der Waals surface area contributed by atoms with Gasteiger partial charge >= 0.3 is 0 Å². The zero-order valence-electron chi connectivity index (χ0n) is 11.2. The van der Waals surface area contributed by atoms with Crippen molar-refractivity contribution in [2.45, 2.75) is 59.3 Å². The van der Waals surface area contributed by atoms with Crippen LogP contribution >= 0.6 is 0 Å². The van der Waals surface area contributed by atoms with Crippen LogP contribution in [0.15, 0.2) is 35.5 Å². The van der Waals surface area contributed by atoms with Gasteiger partial charge in [-0.2, -0.15) is 0 Å². The summed E-state index contributed by atoms with van der Waals surface area (Å²) in [6.45, 7) is 11.0. The second-order valence-corrected chi connectivity index (χ2v) is 5.12. The van der Waals surface area contributed by atoms with E-state index < -0.39 is 0 Å². The molecule has 0 radical (unpaired) electrons. The summed E-state index contributed by atoms with van der Waals surface area (Å²) in [5.41, 5.74) is 4.53. The minimum Gasteiger partial charge on any atom is -0.0996 e. The van der Waals surface area contributed by atoms with Crippen molar-refractivity contribution in [3.05, 3.63) is 35.5 Å². The van der Waals surface area contributed by atoms with E-state index in [9.17, 15) is 0 Å². The maximum absolute atomic E-state index is 4.22. The second kappa shape index (κ2) is 6.73. The molecule has 0 saturated carbocycles. The van der Waals surface area contributed by atoms with Crippen LogP contribution in [0.1, 0.15) is 59.3 Å². The van der Waals surface area contributed by atoms with Gasteiger partial charge in [0, 0.05) is 0 Å². The van der Waals surface area contributed by atoms with Crippen LogP contribution in [0, 0.1) is 5.92 Å². The summed E-state index contributed by atoms with van der Waals surface area (Å²) in [4.78, 5) is 0. The van der Waals surface area contributed by atoms with E-state index in [0.717, 1.165) is 6.42 Å². The Morgan fingerprint density at radius 2 is 1.94 bits per heavy atom. The van der Waals surface area contributed by atoms with E-state index >= 15 is 0 Å². The van der Waals surface area contributed by atoms with Crippen LogP contribution in [-0.4, -0.2) is 0 Å². The Morgan fingerprint density at radius 3 is 2.62 bits per heavy atom. The topological polar surface area (TPSA) is 0 Å². The molecule has 0 amide bonds. The zero-order chi connectivity index (χ0) is 12.0. The first-order chi connectivity index (χ1) is 7.63. The summed E-state index contributed by atoms with van der Waals surface area (Å²) >= 11 is 0. The molecule has 1 rings (SSSR count). The summed E-state index contributed by atoms with van der Waals surface area (Å²) < 4.78 is 0. The van der Waals surface area contributed by atoms with Gasteiger partial charge in [-0.15, -0.1) is 0 Å². The first kappa shape index (κ1) is 13.3. The second-order valence-electron chi connectivity index (χ2n) is 5.12. The van der Waals surface area contributed by atoms with Crippen molar-refractivity contribution in [2.24, 2.45) is 5.92 Å². The molecule has 0 unspecified atom stereocenters. The van der Waals surface area contributed by atoms with E-state index in [-0.39, 0.29) is 0 Å². The molecule has 1 aliphatic rings. The molecule has 0 spiro atoms. The summed E-state index contributed by atoms with van der Waals surface area (Å²) in [5.74, 6) is 0.696. The highest BCUT2D eigenvalue weighted by atomic mass is 14.2. The third-order valence-corrected chi connectivity index (χ3v) is 3.70. The molecular weight excluding hydrogens is 192 g/mol. The van der Waals surface area contributed by atoms with Crippen molar-refractivity contribution in [2.75, 3.05) is 0 Å². The monoisotopic (exact) mass is 218 g/mol. The number of hydrogen-bond acceptors (Lipinski definition) is 0. The smallest absolute Gasteiger partial charge is 0.0168 e. The number of hydrogen-bond donors (Lipinski definition) is 0. The standard InChI is InChI=1S/C16H26/c1-5-15(4)16-11-9-13(2)7-6-8-14(3)10-12-16/h7,10,16H,4-6,8-9,11-12H2,1-3H3/b13-7-,14-10+/t16-/m1/s1. The molecule has 90 valence electrons. The Labute approximate surface area is 101 Å². The summed E-state index contributed by atoms with van der Waals surface area (Å²) in [6, 6.07) is 0. The highest BCUT2D eigenvalue weighted by Gasteiger charge is 2.11. The van der Waals surface area contributed by atoms with E-state index in [1.165, 1.54) is 37.7 Å². The first-order valence-electron chi connectivity index (χ1n) is 6.62. The maximum atomic E-state index is 4.22. The van der Waals surface area contributed by atoms with Gasteiger partial charge in [-0.25, -0.2) is 0 Å². The van der Waals surface area contributed by atoms with Crippen molar-refractivity contribution in [1.82, 2.24) is 0 Å². The minimum absolute atomic E-state index is 0.696. The molecule has 0 aliphatic heterocycles. The fourth-order valence-electron chi connectivity index (χ4n) is 2.27. The molecule has 16 heavy (non-hydrogen) atoms. The van der Waals surface area contributed by atoms with Gasteiger partial charge in [0.05, 0.1) is 0 Å². The van der Waals surface area contributed by atoms with Gasteiger partial charge in [0.15, 0.2) is 0 Å². The van der Waals surface area contributed by atoms with Crippen molar-refractivity contribution < 1.29 is 0 Å². The van der Waals surface area contributed by atoms with Gasteiger partial charge in [-0.3, -0.25) is 0 Å². The quantitative estimate of drug-likeness (QED) is 0.542. The van der Waals surface area contributed by atoms with Crippen LogP contribution in [0.25, 0.3) is 0 Å². The van der Waals surface area contributed by atoms with E-state index in [2.05, 4.69) is 39.5 Å². The highest BCUT2D eigenvalue weighted by molar-refractivity contribution is 5.10. The van der Waals surface area contributed by atoms with Crippen LogP contribution in [-0.2, 0) is 0 Å². The minimum atomic E-state index is 0.696. The van der Waals surface area contributed by atoms with Gasteiger partial charge in [0.2, 0.25) is 0 Å². The molecule has 0 aromatic rings. The normalized spacial score (nSPS) is 29.8. The molecule has 0 fully saturated rings. The summed E-state index contributed by atoms with van der Waals surface area (Å²) in [7, 11) is 0. The molecule has 0 heteroatoms. The van der Waals surface area contributed by atoms with E-state index in [4.69, 9.17) is 0 Å². The predicted octanol–water partition coefficient (Wildman–Crippen LogP) is 5.43. The average Bonchev–Trinajstić information content (AvgIpc) is 2.28. The Bertz CT molecular complexity index is 291. The van der Waals surface area contributed by atoms with Crippen molar-refractivity contribution in [3.8, 4) is 0 Å². The third kappa shape index (κ3) is 4.38. The highest BCUT2D eigenvalue weighted by Crippen LogP contribution is 2.27. The molecule has 0 aromatic heterocycles. The molecule has 0 saturated heterocycles. The largest absolute Gasteiger partial charge is 0.0996 e. The van der Waals surface area contributed by atoms with Gasteiger partial charge in [0.25, 0.3) is 0 Å². The summed E-state index contributed by atoms with van der Waals surface area (Å²) in [6.07, 6.45) is 12.1. The lowest BCUT2D eigenvalue weighted by molar-refractivity contribution is 0.548. The Kier molecular flexibility index (Phi) is 5.59.